The molecule has 1 unspecified atom stereocenters. The number of rotatable bonds is 6. The Kier molecular flexibility index (Phi) is 5.58. The van der Waals surface area contributed by atoms with E-state index in [0.717, 1.165) is 13.1 Å². The van der Waals surface area contributed by atoms with Crippen molar-refractivity contribution in [2.24, 2.45) is 0 Å². The van der Waals surface area contributed by atoms with Gasteiger partial charge in [0.25, 0.3) is 0 Å². The first-order valence-corrected chi connectivity index (χ1v) is 7.90. The van der Waals surface area contributed by atoms with Gasteiger partial charge in [0.05, 0.1) is 6.10 Å². The molecule has 1 aliphatic heterocycles. The van der Waals surface area contributed by atoms with E-state index in [1.165, 1.54) is 19.4 Å². The number of hydrogen-bond donors (Lipinski definition) is 0. The van der Waals surface area contributed by atoms with Crippen LogP contribution in [0.5, 0.6) is 6.01 Å². The zero-order chi connectivity index (χ0) is 15.4. The smallest absolute Gasteiger partial charge is 0.322 e. The molecule has 1 aromatic rings. The van der Waals surface area contributed by atoms with Crippen LogP contribution in [0.1, 0.15) is 33.6 Å². The Morgan fingerprint density at radius 1 is 1.38 bits per heavy atom. The van der Waals surface area contributed by atoms with Crippen molar-refractivity contribution in [3.8, 4) is 6.01 Å². The second-order valence-corrected chi connectivity index (χ2v) is 6.00. The fourth-order valence-corrected chi connectivity index (χ4v) is 2.82. The van der Waals surface area contributed by atoms with Gasteiger partial charge in [0.15, 0.2) is 0 Å². The van der Waals surface area contributed by atoms with Gasteiger partial charge in [-0.3, -0.25) is 4.90 Å². The summed E-state index contributed by atoms with van der Waals surface area (Å²) in [6, 6.07) is 0.829. The summed E-state index contributed by atoms with van der Waals surface area (Å²) in [5.74, 6) is 0.564. The van der Waals surface area contributed by atoms with Gasteiger partial charge in [-0.2, -0.15) is 15.0 Å². The third-order valence-electron chi connectivity index (χ3n) is 3.65. The van der Waals surface area contributed by atoms with Crippen LogP contribution < -0.4 is 9.64 Å². The van der Waals surface area contributed by atoms with Crippen molar-refractivity contribution in [1.29, 1.82) is 0 Å². The molecule has 2 heterocycles. The van der Waals surface area contributed by atoms with E-state index in [2.05, 4.69) is 26.8 Å². The molecule has 1 aromatic heterocycles. The molecule has 0 amide bonds. The van der Waals surface area contributed by atoms with Crippen molar-refractivity contribution in [3.05, 3.63) is 5.28 Å². The van der Waals surface area contributed by atoms with E-state index < -0.39 is 0 Å². The van der Waals surface area contributed by atoms with Gasteiger partial charge in [-0.05, 0) is 51.4 Å². The molecule has 0 aromatic carbocycles. The fourth-order valence-electron chi connectivity index (χ4n) is 2.67. The monoisotopic (exact) mass is 313 g/mol. The van der Waals surface area contributed by atoms with E-state index in [-0.39, 0.29) is 17.4 Å². The second kappa shape index (κ2) is 7.22. The lowest BCUT2D eigenvalue weighted by molar-refractivity contribution is 0.221. The van der Waals surface area contributed by atoms with Gasteiger partial charge < -0.3 is 9.64 Å². The quantitative estimate of drug-likeness (QED) is 0.803. The predicted octanol–water partition coefficient (Wildman–Crippen LogP) is 2.23. The molecule has 6 nitrogen and oxygen atoms in total. The Morgan fingerprint density at radius 3 is 2.81 bits per heavy atom. The molecule has 0 saturated carbocycles. The third kappa shape index (κ3) is 4.41. The minimum absolute atomic E-state index is 0.00652. The Labute approximate surface area is 131 Å². The Balaban J connectivity index is 2.07. The van der Waals surface area contributed by atoms with Gasteiger partial charge in [0.2, 0.25) is 11.2 Å². The molecule has 1 aliphatic rings. The van der Waals surface area contributed by atoms with E-state index in [4.69, 9.17) is 16.3 Å². The Hall–Kier alpha value is -1.14. The molecule has 0 spiro atoms. The van der Waals surface area contributed by atoms with Gasteiger partial charge in [-0.15, -0.1) is 0 Å². The average molecular weight is 314 g/mol. The molecule has 7 heteroatoms. The molecule has 1 saturated heterocycles. The van der Waals surface area contributed by atoms with Gasteiger partial charge in [-0.25, -0.2) is 0 Å². The zero-order valence-electron chi connectivity index (χ0n) is 13.2. The zero-order valence-corrected chi connectivity index (χ0v) is 14.0. The summed E-state index contributed by atoms with van der Waals surface area (Å²) in [4.78, 5) is 17.1. The van der Waals surface area contributed by atoms with Crippen LogP contribution >= 0.6 is 11.6 Å². The van der Waals surface area contributed by atoms with Crippen molar-refractivity contribution in [2.45, 2.75) is 45.8 Å². The first-order valence-electron chi connectivity index (χ1n) is 7.53. The van der Waals surface area contributed by atoms with E-state index in [1.807, 2.05) is 25.8 Å². The maximum atomic E-state index is 5.97. The molecule has 1 fully saturated rings. The molecule has 0 N–H and O–H groups in total. The second-order valence-electron chi connectivity index (χ2n) is 5.66. The van der Waals surface area contributed by atoms with Gasteiger partial charge in [-0.1, -0.05) is 6.92 Å². The number of ether oxygens (including phenoxy) is 1. The number of nitrogens with zero attached hydrogens (tertiary/aromatic N) is 5. The average Bonchev–Trinajstić information content (AvgIpc) is 2.84. The van der Waals surface area contributed by atoms with Gasteiger partial charge in [0.1, 0.15) is 0 Å². The van der Waals surface area contributed by atoms with Crippen molar-refractivity contribution < 1.29 is 4.74 Å². The lowest BCUT2D eigenvalue weighted by Crippen LogP contribution is -2.39. The molecular weight excluding hydrogens is 290 g/mol. The lowest BCUT2D eigenvalue weighted by atomic mass is 10.2. The highest BCUT2D eigenvalue weighted by Gasteiger charge is 2.25. The standard InChI is InChI=1S/C14H24ClN5O/c1-5-20-8-6-7-11(20)9-19(4)13-16-12(15)17-14(18-13)21-10(2)3/h10-11H,5-9H2,1-4H3. The van der Waals surface area contributed by atoms with Crippen LogP contribution in [-0.4, -0.2) is 58.7 Å². The highest BCUT2D eigenvalue weighted by Crippen LogP contribution is 2.20. The SMILES string of the molecule is CCN1CCCC1CN(C)c1nc(Cl)nc(OC(C)C)n1. The van der Waals surface area contributed by atoms with Gasteiger partial charge in [0, 0.05) is 19.6 Å². The minimum atomic E-state index is 0.00652. The summed E-state index contributed by atoms with van der Waals surface area (Å²) >= 11 is 5.97. The summed E-state index contributed by atoms with van der Waals surface area (Å²) in [6.07, 6.45) is 2.48. The highest BCUT2D eigenvalue weighted by atomic mass is 35.5. The van der Waals surface area contributed by atoms with Crippen LogP contribution in [-0.2, 0) is 0 Å². The molecule has 21 heavy (non-hydrogen) atoms. The van der Waals surface area contributed by atoms with Crippen LogP contribution in [0.15, 0.2) is 0 Å². The Morgan fingerprint density at radius 2 is 2.14 bits per heavy atom. The summed E-state index contributed by atoms with van der Waals surface area (Å²) in [5.41, 5.74) is 0. The van der Waals surface area contributed by atoms with Crippen LogP contribution in [0.2, 0.25) is 5.28 Å². The topological polar surface area (TPSA) is 54.4 Å². The summed E-state index contributed by atoms with van der Waals surface area (Å²) in [7, 11) is 1.98. The molecule has 118 valence electrons. The molecular formula is C14H24ClN5O. The molecule has 2 rings (SSSR count). The van der Waals surface area contributed by atoms with E-state index in [0.29, 0.717) is 12.0 Å². The number of likely N-dealkylation sites (N-methyl/N-ethyl adjacent to an activating group) is 2. The minimum Gasteiger partial charge on any atom is -0.461 e. The van der Waals surface area contributed by atoms with Crippen LogP contribution in [0, 0.1) is 0 Å². The third-order valence-corrected chi connectivity index (χ3v) is 3.82. The lowest BCUT2D eigenvalue weighted by Gasteiger charge is -2.27. The van der Waals surface area contributed by atoms with E-state index >= 15 is 0 Å². The van der Waals surface area contributed by atoms with Crippen molar-refractivity contribution in [3.63, 3.8) is 0 Å². The Bertz CT molecular complexity index is 471. The number of aromatic nitrogens is 3. The van der Waals surface area contributed by atoms with E-state index in [1.54, 1.807) is 0 Å². The molecule has 1 atom stereocenters. The van der Waals surface area contributed by atoms with Gasteiger partial charge >= 0.3 is 6.01 Å². The van der Waals surface area contributed by atoms with Crippen molar-refractivity contribution in [1.82, 2.24) is 19.9 Å². The molecule has 0 bridgehead atoms. The number of likely N-dealkylation sites (tertiary alicyclic amines) is 1. The first-order chi connectivity index (χ1) is 9.99. The van der Waals surface area contributed by atoms with Crippen LogP contribution in [0.4, 0.5) is 5.95 Å². The largest absolute Gasteiger partial charge is 0.461 e. The van der Waals surface area contributed by atoms with Crippen molar-refractivity contribution >= 4 is 17.5 Å². The highest BCUT2D eigenvalue weighted by molar-refractivity contribution is 6.28. The van der Waals surface area contributed by atoms with Crippen molar-refractivity contribution in [2.75, 3.05) is 31.6 Å². The fraction of sp³-hybridized carbons (Fsp3) is 0.786. The van der Waals surface area contributed by atoms with E-state index in [9.17, 15) is 0 Å². The van der Waals surface area contributed by atoms with Crippen LogP contribution in [0.3, 0.4) is 0 Å². The number of halogens is 1. The predicted molar refractivity (Wildman–Crippen MR) is 84.1 cm³/mol. The first kappa shape index (κ1) is 16.2. The maximum Gasteiger partial charge on any atom is 0.322 e. The summed E-state index contributed by atoms with van der Waals surface area (Å²) < 4.78 is 5.51. The summed E-state index contributed by atoms with van der Waals surface area (Å²) in [5, 5.41) is 0.168. The van der Waals surface area contributed by atoms with Crippen LogP contribution in [0.25, 0.3) is 0 Å². The number of anilines is 1. The normalized spacial score (nSPS) is 19.2. The molecule has 0 aliphatic carbocycles. The maximum absolute atomic E-state index is 5.97. The number of hydrogen-bond acceptors (Lipinski definition) is 6. The summed E-state index contributed by atoms with van der Waals surface area (Å²) in [6.45, 7) is 9.20. The molecule has 0 radical (unpaired) electrons.